The predicted molar refractivity (Wildman–Crippen MR) is 97.2 cm³/mol. The second kappa shape index (κ2) is 8.14. The fraction of sp³-hybridized carbons (Fsp3) is 0.400. The molecule has 1 aliphatic rings. The van der Waals surface area contributed by atoms with Gasteiger partial charge in [0, 0.05) is 19.6 Å². The van der Waals surface area contributed by atoms with Crippen molar-refractivity contribution >= 4 is 0 Å². The minimum atomic E-state index is -0.981. The average molecular weight is 360 g/mol. The maximum Gasteiger partial charge on any atom is 0.123 e. The molecule has 140 valence electrons. The standard InChI is InChI=1S/C20H25FN2O3/c21-18-3-1-2-15(8-18)11-26-19-5-4-17-10-23(7-6-16(17)9-19)12-20(22,13-24)14-25/h1-5,8-9,24-25H,6-7,10-14,22H2. The van der Waals surface area contributed by atoms with Gasteiger partial charge < -0.3 is 20.7 Å². The molecule has 2 aromatic rings. The van der Waals surface area contributed by atoms with Crippen molar-refractivity contribution in [3.05, 3.63) is 65.0 Å². The SMILES string of the molecule is NC(CO)(CO)CN1CCc2cc(OCc3cccc(F)c3)ccc2C1. The number of aliphatic hydroxyl groups is 2. The van der Waals surface area contributed by atoms with E-state index in [4.69, 9.17) is 10.5 Å². The quantitative estimate of drug-likeness (QED) is 0.696. The van der Waals surface area contributed by atoms with E-state index in [1.54, 1.807) is 6.07 Å². The minimum Gasteiger partial charge on any atom is -0.489 e. The van der Waals surface area contributed by atoms with Gasteiger partial charge in [-0.25, -0.2) is 4.39 Å². The lowest BCUT2D eigenvalue weighted by Gasteiger charge is -2.35. The third-order valence-electron chi connectivity index (χ3n) is 4.73. The molecule has 1 heterocycles. The first-order chi connectivity index (χ1) is 12.5. The Bertz CT molecular complexity index is 750. The molecule has 0 aromatic heterocycles. The first kappa shape index (κ1) is 18.8. The zero-order valence-electron chi connectivity index (χ0n) is 14.7. The van der Waals surface area contributed by atoms with Crippen molar-refractivity contribution in [1.29, 1.82) is 0 Å². The highest BCUT2D eigenvalue weighted by Crippen LogP contribution is 2.25. The van der Waals surface area contributed by atoms with Crippen LogP contribution in [0.4, 0.5) is 4.39 Å². The third kappa shape index (κ3) is 4.59. The van der Waals surface area contributed by atoms with E-state index in [2.05, 4.69) is 4.90 Å². The van der Waals surface area contributed by atoms with Crippen molar-refractivity contribution < 1.29 is 19.3 Å². The van der Waals surface area contributed by atoms with E-state index in [-0.39, 0.29) is 19.0 Å². The van der Waals surface area contributed by atoms with E-state index < -0.39 is 5.54 Å². The van der Waals surface area contributed by atoms with Gasteiger partial charge in [-0.2, -0.15) is 0 Å². The summed E-state index contributed by atoms with van der Waals surface area (Å²) in [6.07, 6.45) is 0.847. The van der Waals surface area contributed by atoms with E-state index in [1.165, 1.54) is 23.3 Å². The summed E-state index contributed by atoms with van der Waals surface area (Å²) in [6, 6.07) is 12.4. The molecule has 0 aliphatic carbocycles. The molecule has 5 nitrogen and oxygen atoms in total. The smallest absolute Gasteiger partial charge is 0.123 e. The van der Waals surface area contributed by atoms with Crippen LogP contribution in [0.5, 0.6) is 5.75 Å². The van der Waals surface area contributed by atoms with Crippen LogP contribution in [0.3, 0.4) is 0 Å². The summed E-state index contributed by atoms with van der Waals surface area (Å²) in [4.78, 5) is 2.14. The summed E-state index contributed by atoms with van der Waals surface area (Å²) >= 11 is 0. The van der Waals surface area contributed by atoms with Gasteiger partial charge >= 0.3 is 0 Å². The number of fused-ring (bicyclic) bond motifs is 1. The first-order valence-electron chi connectivity index (χ1n) is 8.73. The highest BCUT2D eigenvalue weighted by atomic mass is 19.1. The topological polar surface area (TPSA) is 79.0 Å². The zero-order chi connectivity index (χ0) is 18.6. The molecule has 0 unspecified atom stereocenters. The molecular formula is C20H25FN2O3. The minimum absolute atomic E-state index is 0.250. The molecule has 4 N–H and O–H groups in total. The number of aliphatic hydroxyl groups excluding tert-OH is 2. The molecule has 26 heavy (non-hydrogen) atoms. The number of ether oxygens (including phenoxy) is 1. The fourth-order valence-electron chi connectivity index (χ4n) is 3.20. The Morgan fingerprint density at radius 2 is 1.92 bits per heavy atom. The van der Waals surface area contributed by atoms with Crippen LogP contribution >= 0.6 is 0 Å². The van der Waals surface area contributed by atoms with E-state index in [0.29, 0.717) is 13.2 Å². The van der Waals surface area contributed by atoms with Gasteiger partial charge in [-0.05, 0) is 47.4 Å². The van der Waals surface area contributed by atoms with Crippen molar-refractivity contribution in [3.8, 4) is 5.75 Å². The summed E-state index contributed by atoms with van der Waals surface area (Å²) in [5, 5.41) is 18.7. The van der Waals surface area contributed by atoms with Crippen LogP contribution in [0.2, 0.25) is 0 Å². The van der Waals surface area contributed by atoms with E-state index in [9.17, 15) is 14.6 Å². The predicted octanol–water partition coefficient (Wildman–Crippen LogP) is 1.44. The van der Waals surface area contributed by atoms with Crippen molar-refractivity contribution in [2.45, 2.75) is 25.1 Å². The third-order valence-corrected chi connectivity index (χ3v) is 4.73. The van der Waals surface area contributed by atoms with Crippen molar-refractivity contribution in [3.63, 3.8) is 0 Å². The normalized spacial score (nSPS) is 14.9. The summed E-state index contributed by atoms with van der Waals surface area (Å²) in [5.74, 6) is 0.499. The Morgan fingerprint density at radius 1 is 1.12 bits per heavy atom. The van der Waals surface area contributed by atoms with Crippen LogP contribution in [0, 0.1) is 5.82 Å². The number of halogens is 1. The molecule has 3 rings (SSSR count). The Kier molecular flexibility index (Phi) is 5.88. The summed E-state index contributed by atoms with van der Waals surface area (Å²) in [7, 11) is 0. The number of nitrogens with zero attached hydrogens (tertiary/aromatic N) is 1. The fourth-order valence-corrected chi connectivity index (χ4v) is 3.20. The number of rotatable bonds is 7. The Balaban J connectivity index is 1.62. The van der Waals surface area contributed by atoms with Crippen molar-refractivity contribution in [2.24, 2.45) is 5.73 Å². The number of hydrogen-bond donors (Lipinski definition) is 3. The average Bonchev–Trinajstić information content (AvgIpc) is 2.66. The molecule has 6 heteroatoms. The molecule has 0 bridgehead atoms. The largest absolute Gasteiger partial charge is 0.489 e. The van der Waals surface area contributed by atoms with Crippen LogP contribution in [-0.2, 0) is 19.6 Å². The van der Waals surface area contributed by atoms with Crippen LogP contribution in [0.15, 0.2) is 42.5 Å². The maximum atomic E-state index is 13.2. The van der Waals surface area contributed by atoms with Gasteiger partial charge in [0.1, 0.15) is 18.2 Å². The van der Waals surface area contributed by atoms with Crippen LogP contribution in [0.1, 0.15) is 16.7 Å². The van der Waals surface area contributed by atoms with Gasteiger partial charge in [0.15, 0.2) is 0 Å². The molecule has 0 saturated carbocycles. The first-order valence-corrected chi connectivity index (χ1v) is 8.73. The second-order valence-electron chi connectivity index (χ2n) is 6.99. The lowest BCUT2D eigenvalue weighted by Crippen LogP contribution is -2.56. The molecule has 0 spiro atoms. The molecule has 0 atom stereocenters. The zero-order valence-corrected chi connectivity index (χ0v) is 14.7. The monoisotopic (exact) mass is 360 g/mol. The van der Waals surface area contributed by atoms with E-state index in [1.807, 2.05) is 24.3 Å². The van der Waals surface area contributed by atoms with Gasteiger partial charge in [0.2, 0.25) is 0 Å². The summed E-state index contributed by atoms with van der Waals surface area (Å²) in [6.45, 7) is 1.79. The van der Waals surface area contributed by atoms with Gasteiger partial charge in [0.05, 0.1) is 18.8 Å². The van der Waals surface area contributed by atoms with Crippen molar-refractivity contribution in [2.75, 3.05) is 26.3 Å². The maximum absolute atomic E-state index is 13.2. The molecular weight excluding hydrogens is 335 g/mol. The van der Waals surface area contributed by atoms with Crippen LogP contribution in [-0.4, -0.2) is 47.0 Å². The van der Waals surface area contributed by atoms with Crippen LogP contribution in [0.25, 0.3) is 0 Å². The summed E-state index contributed by atoms with van der Waals surface area (Å²) < 4.78 is 19.0. The highest BCUT2D eigenvalue weighted by Gasteiger charge is 2.28. The Morgan fingerprint density at radius 3 is 2.65 bits per heavy atom. The summed E-state index contributed by atoms with van der Waals surface area (Å²) in [5.41, 5.74) is 8.20. The number of benzene rings is 2. The Labute approximate surface area is 152 Å². The molecule has 0 fully saturated rings. The highest BCUT2D eigenvalue weighted by molar-refractivity contribution is 5.37. The molecule has 1 aliphatic heterocycles. The van der Waals surface area contributed by atoms with Crippen molar-refractivity contribution in [1.82, 2.24) is 4.90 Å². The van der Waals surface area contributed by atoms with Gasteiger partial charge in [-0.1, -0.05) is 18.2 Å². The number of nitrogens with two attached hydrogens (primary N) is 1. The van der Waals surface area contributed by atoms with E-state index >= 15 is 0 Å². The molecule has 0 radical (unpaired) electrons. The van der Waals surface area contributed by atoms with Crippen LogP contribution < -0.4 is 10.5 Å². The molecule has 0 amide bonds. The number of hydrogen-bond acceptors (Lipinski definition) is 5. The molecule has 2 aromatic carbocycles. The van der Waals surface area contributed by atoms with E-state index in [0.717, 1.165) is 30.8 Å². The lowest BCUT2D eigenvalue weighted by molar-refractivity contribution is 0.0785. The van der Waals surface area contributed by atoms with Gasteiger partial charge in [0.25, 0.3) is 0 Å². The lowest BCUT2D eigenvalue weighted by atomic mass is 9.96. The second-order valence-corrected chi connectivity index (χ2v) is 6.99. The van der Waals surface area contributed by atoms with Gasteiger partial charge in [-0.3, -0.25) is 4.90 Å². The Hall–Kier alpha value is -1.99. The van der Waals surface area contributed by atoms with Gasteiger partial charge in [-0.15, -0.1) is 0 Å². The molecule has 0 saturated heterocycles.